The maximum Gasteiger partial charge on any atom is 0.264 e. The highest BCUT2D eigenvalue weighted by Crippen LogP contribution is 2.34. The Morgan fingerprint density at radius 1 is 1.29 bits per heavy atom. The van der Waals surface area contributed by atoms with Gasteiger partial charge in [0.05, 0.1) is 18.0 Å². The Balaban J connectivity index is 1.89. The van der Waals surface area contributed by atoms with Crippen LogP contribution in [0.1, 0.15) is 40.5 Å². The highest BCUT2D eigenvalue weighted by atomic mass is 32.1. The number of nitrogens with zero attached hydrogens (tertiary/aromatic N) is 1. The molecule has 2 aromatic rings. The first-order valence-corrected chi connectivity index (χ1v) is 8.16. The lowest BCUT2D eigenvalue weighted by atomic mass is 9.95. The first-order valence-electron chi connectivity index (χ1n) is 7.28. The smallest absolute Gasteiger partial charge is 0.264 e. The third-order valence-electron chi connectivity index (χ3n) is 3.97. The van der Waals surface area contributed by atoms with Gasteiger partial charge in [-0.05, 0) is 48.4 Å². The minimum atomic E-state index is 0.150. The van der Waals surface area contributed by atoms with E-state index in [-0.39, 0.29) is 11.9 Å². The van der Waals surface area contributed by atoms with Crippen LogP contribution in [0.15, 0.2) is 41.8 Å². The average molecular weight is 301 g/mol. The van der Waals surface area contributed by atoms with E-state index in [1.807, 2.05) is 40.6 Å². The summed E-state index contributed by atoms with van der Waals surface area (Å²) in [5.41, 5.74) is 1.17. The SMILES string of the molecule is COc1cccc(C2CCCCN2C(=O)c2cccs2)c1. The second-order valence-electron chi connectivity index (χ2n) is 5.26. The molecule has 1 fully saturated rings. The molecule has 1 aliphatic rings. The number of hydrogen-bond donors (Lipinski definition) is 0. The Labute approximate surface area is 129 Å². The van der Waals surface area contributed by atoms with Crippen molar-refractivity contribution < 1.29 is 9.53 Å². The number of thiophene rings is 1. The zero-order valence-corrected chi connectivity index (χ0v) is 12.9. The highest BCUT2D eigenvalue weighted by Gasteiger charge is 2.29. The second-order valence-corrected chi connectivity index (χ2v) is 6.21. The summed E-state index contributed by atoms with van der Waals surface area (Å²) in [5, 5.41) is 1.96. The molecule has 0 spiro atoms. The fraction of sp³-hybridized carbons (Fsp3) is 0.353. The normalized spacial score (nSPS) is 18.5. The summed E-state index contributed by atoms with van der Waals surface area (Å²) in [4.78, 5) is 15.5. The molecule has 0 bridgehead atoms. The molecule has 1 atom stereocenters. The van der Waals surface area contributed by atoms with E-state index in [1.165, 1.54) is 16.9 Å². The number of methoxy groups -OCH3 is 1. The zero-order valence-electron chi connectivity index (χ0n) is 12.1. The van der Waals surface area contributed by atoms with E-state index < -0.39 is 0 Å². The highest BCUT2D eigenvalue weighted by molar-refractivity contribution is 7.12. The number of amides is 1. The molecule has 0 aliphatic carbocycles. The van der Waals surface area contributed by atoms with Crippen molar-refractivity contribution in [2.45, 2.75) is 25.3 Å². The van der Waals surface area contributed by atoms with Gasteiger partial charge in [-0.1, -0.05) is 18.2 Å². The number of piperidine rings is 1. The fourth-order valence-corrected chi connectivity index (χ4v) is 3.59. The van der Waals surface area contributed by atoms with Crippen LogP contribution in [0.4, 0.5) is 0 Å². The summed E-state index contributed by atoms with van der Waals surface area (Å²) in [6.07, 6.45) is 3.26. The van der Waals surface area contributed by atoms with Crippen LogP contribution >= 0.6 is 11.3 Å². The lowest BCUT2D eigenvalue weighted by Gasteiger charge is -2.36. The van der Waals surface area contributed by atoms with Crippen LogP contribution in [0.5, 0.6) is 5.75 Å². The summed E-state index contributed by atoms with van der Waals surface area (Å²) in [6, 6.07) is 12.1. The lowest BCUT2D eigenvalue weighted by Crippen LogP contribution is -2.38. The molecule has 3 nitrogen and oxygen atoms in total. The number of hydrogen-bond acceptors (Lipinski definition) is 3. The maximum atomic E-state index is 12.7. The number of ether oxygens (including phenoxy) is 1. The molecule has 21 heavy (non-hydrogen) atoms. The van der Waals surface area contributed by atoms with Crippen LogP contribution in [0, 0.1) is 0 Å². The van der Waals surface area contributed by atoms with Gasteiger partial charge >= 0.3 is 0 Å². The second kappa shape index (κ2) is 6.31. The third kappa shape index (κ3) is 2.95. The van der Waals surface area contributed by atoms with Crippen molar-refractivity contribution in [2.75, 3.05) is 13.7 Å². The van der Waals surface area contributed by atoms with Crippen molar-refractivity contribution in [3.8, 4) is 5.75 Å². The van der Waals surface area contributed by atoms with Crippen LogP contribution in [-0.4, -0.2) is 24.5 Å². The molecule has 0 N–H and O–H groups in total. The Morgan fingerprint density at radius 2 is 2.19 bits per heavy atom. The average Bonchev–Trinajstić information content (AvgIpc) is 3.09. The molecule has 3 rings (SSSR count). The standard InChI is InChI=1S/C17H19NO2S/c1-20-14-7-4-6-13(12-14)15-8-2-3-10-18(15)17(19)16-9-5-11-21-16/h4-7,9,11-12,15H,2-3,8,10H2,1H3. The van der Waals surface area contributed by atoms with Crippen molar-refractivity contribution in [1.82, 2.24) is 4.90 Å². The minimum Gasteiger partial charge on any atom is -0.497 e. The Bertz CT molecular complexity index is 609. The van der Waals surface area contributed by atoms with Gasteiger partial charge in [0.15, 0.2) is 0 Å². The summed E-state index contributed by atoms with van der Waals surface area (Å²) < 4.78 is 5.31. The first-order chi connectivity index (χ1) is 10.3. The largest absolute Gasteiger partial charge is 0.497 e. The van der Waals surface area contributed by atoms with E-state index in [4.69, 9.17) is 4.74 Å². The van der Waals surface area contributed by atoms with Crippen molar-refractivity contribution in [3.05, 3.63) is 52.2 Å². The van der Waals surface area contributed by atoms with E-state index in [2.05, 4.69) is 6.07 Å². The van der Waals surface area contributed by atoms with E-state index >= 15 is 0 Å². The number of likely N-dealkylation sites (tertiary alicyclic amines) is 1. The lowest BCUT2D eigenvalue weighted by molar-refractivity contribution is 0.0616. The minimum absolute atomic E-state index is 0.150. The van der Waals surface area contributed by atoms with Crippen molar-refractivity contribution >= 4 is 17.2 Å². The Morgan fingerprint density at radius 3 is 2.95 bits per heavy atom. The van der Waals surface area contributed by atoms with Crippen LogP contribution in [0.2, 0.25) is 0 Å². The molecule has 0 radical (unpaired) electrons. The molecule has 1 unspecified atom stereocenters. The van der Waals surface area contributed by atoms with Gasteiger partial charge in [0, 0.05) is 6.54 Å². The summed E-state index contributed by atoms with van der Waals surface area (Å²) >= 11 is 1.51. The van der Waals surface area contributed by atoms with Crippen molar-refractivity contribution in [1.29, 1.82) is 0 Å². The van der Waals surface area contributed by atoms with Gasteiger partial charge in [0.2, 0.25) is 0 Å². The topological polar surface area (TPSA) is 29.5 Å². The molecule has 0 saturated carbocycles. The van der Waals surface area contributed by atoms with E-state index in [0.717, 1.165) is 36.4 Å². The predicted molar refractivity (Wildman–Crippen MR) is 84.9 cm³/mol. The summed E-state index contributed by atoms with van der Waals surface area (Å²) in [5.74, 6) is 0.999. The van der Waals surface area contributed by atoms with E-state index in [1.54, 1.807) is 7.11 Å². The molecule has 2 heterocycles. The zero-order chi connectivity index (χ0) is 14.7. The molecule has 1 amide bonds. The van der Waals surface area contributed by atoms with E-state index in [0.29, 0.717) is 0 Å². The fourth-order valence-electron chi connectivity index (χ4n) is 2.91. The Kier molecular flexibility index (Phi) is 4.25. The molecule has 4 heteroatoms. The first kappa shape index (κ1) is 14.1. The Hall–Kier alpha value is -1.81. The van der Waals surface area contributed by atoms with Crippen molar-refractivity contribution in [3.63, 3.8) is 0 Å². The van der Waals surface area contributed by atoms with Gasteiger partial charge in [0.1, 0.15) is 5.75 Å². The predicted octanol–water partition coefficient (Wildman–Crippen LogP) is 4.12. The monoisotopic (exact) mass is 301 g/mol. The molecule has 1 aromatic heterocycles. The van der Waals surface area contributed by atoms with E-state index in [9.17, 15) is 4.79 Å². The molecular weight excluding hydrogens is 282 g/mol. The van der Waals surface area contributed by atoms with Crippen LogP contribution < -0.4 is 4.74 Å². The van der Waals surface area contributed by atoms with Gasteiger partial charge in [0.25, 0.3) is 5.91 Å². The number of carbonyl (C=O) groups is 1. The molecule has 110 valence electrons. The van der Waals surface area contributed by atoms with Crippen LogP contribution in [0.25, 0.3) is 0 Å². The molecule has 1 saturated heterocycles. The number of carbonyl (C=O) groups excluding carboxylic acids is 1. The van der Waals surface area contributed by atoms with Crippen LogP contribution in [0.3, 0.4) is 0 Å². The number of benzene rings is 1. The molecule has 1 aliphatic heterocycles. The third-order valence-corrected chi connectivity index (χ3v) is 4.83. The quantitative estimate of drug-likeness (QED) is 0.853. The maximum absolute atomic E-state index is 12.7. The van der Waals surface area contributed by atoms with Gasteiger partial charge in [-0.25, -0.2) is 0 Å². The molecular formula is C17H19NO2S. The molecule has 1 aromatic carbocycles. The number of rotatable bonds is 3. The summed E-state index contributed by atoms with van der Waals surface area (Å²) in [6.45, 7) is 0.832. The van der Waals surface area contributed by atoms with Gasteiger partial charge < -0.3 is 9.64 Å². The van der Waals surface area contributed by atoms with Gasteiger partial charge in [-0.3, -0.25) is 4.79 Å². The van der Waals surface area contributed by atoms with Gasteiger partial charge in [-0.2, -0.15) is 0 Å². The summed E-state index contributed by atoms with van der Waals surface area (Å²) in [7, 11) is 1.68. The van der Waals surface area contributed by atoms with Crippen molar-refractivity contribution in [2.24, 2.45) is 0 Å². The van der Waals surface area contributed by atoms with Crippen LogP contribution in [-0.2, 0) is 0 Å². The van der Waals surface area contributed by atoms with Gasteiger partial charge in [-0.15, -0.1) is 11.3 Å².